The van der Waals surface area contributed by atoms with Crippen molar-refractivity contribution in [2.24, 2.45) is 4.40 Å². The van der Waals surface area contributed by atoms with Gasteiger partial charge in [0.1, 0.15) is 0 Å². The van der Waals surface area contributed by atoms with E-state index >= 15 is 0 Å². The van der Waals surface area contributed by atoms with Crippen LogP contribution < -0.4 is 0 Å². The van der Waals surface area contributed by atoms with E-state index in [1.54, 1.807) is 13.8 Å². The molecule has 0 amide bonds. The molecule has 0 fully saturated rings. The van der Waals surface area contributed by atoms with Crippen molar-refractivity contribution >= 4 is 21.6 Å². The normalized spacial score (nSPS) is 12.5. The summed E-state index contributed by atoms with van der Waals surface area (Å²) in [6.45, 7) is 5.45. The molecule has 0 bridgehead atoms. The molecule has 0 N–H and O–H groups in total. The molecular formula is C13H18N2O5S. The fraction of sp³-hybridized carbons (Fsp3) is 0.462. The third-order valence-corrected chi connectivity index (χ3v) is 3.71. The molecule has 21 heavy (non-hydrogen) atoms. The van der Waals surface area contributed by atoms with Gasteiger partial charge in [0.15, 0.2) is 0 Å². The van der Waals surface area contributed by atoms with Gasteiger partial charge in [-0.2, -0.15) is 8.42 Å². The number of nitro groups is 1. The first kappa shape index (κ1) is 17.1. The van der Waals surface area contributed by atoms with Crippen LogP contribution in [0.2, 0.25) is 0 Å². The molecule has 0 aliphatic rings. The van der Waals surface area contributed by atoms with Gasteiger partial charge in [-0.05, 0) is 32.4 Å². The largest absolute Gasteiger partial charge is 0.478 e. The maximum Gasteiger partial charge on any atom is 0.285 e. The highest BCUT2D eigenvalue weighted by Crippen LogP contribution is 2.18. The molecule has 0 aromatic heterocycles. The van der Waals surface area contributed by atoms with E-state index in [1.807, 2.05) is 6.92 Å². The molecule has 0 radical (unpaired) electrons. The molecule has 1 aromatic rings. The zero-order valence-electron chi connectivity index (χ0n) is 12.1. The number of nitrogens with zero attached hydrogens (tertiary/aromatic N) is 2. The summed E-state index contributed by atoms with van der Waals surface area (Å²) in [6, 6.07) is 4.59. The Labute approximate surface area is 123 Å². The van der Waals surface area contributed by atoms with E-state index in [0.29, 0.717) is 12.8 Å². The molecule has 8 heteroatoms. The van der Waals surface area contributed by atoms with Crippen molar-refractivity contribution in [3.63, 3.8) is 0 Å². The van der Waals surface area contributed by atoms with E-state index in [0.717, 1.165) is 24.3 Å². The number of non-ortho nitro benzene ring substituents is 1. The minimum absolute atomic E-state index is 0.103. The Hall–Kier alpha value is -1.96. The van der Waals surface area contributed by atoms with Gasteiger partial charge in [-0.3, -0.25) is 10.1 Å². The van der Waals surface area contributed by atoms with Gasteiger partial charge < -0.3 is 4.74 Å². The molecule has 0 saturated heterocycles. The van der Waals surface area contributed by atoms with E-state index in [4.69, 9.17) is 4.74 Å². The topological polar surface area (TPSA) is 98.9 Å². The van der Waals surface area contributed by atoms with Crippen LogP contribution in [0.1, 0.15) is 33.6 Å². The third-order valence-electron chi connectivity index (χ3n) is 2.40. The quantitative estimate of drug-likeness (QED) is 0.348. The Kier molecular flexibility index (Phi) is 5.83. The zero-order valence-corrected chi connectivity index (χ0v) is 13.0. The summed E-state index contributed by atoms with van der Waals surface area (Å²) >= 11 is 0. The first-order valence-electron chi connectivity index (χ1n) is 6.51. The minimum atomic E-state index is -3.93. The SMILES string of the molecule is CCC/C(=N\S(=O)(=O)c1ccc([N+](=O)[O-])cc1)OC(C)C. The number of ether oxygens (including phenoxy) is 1. The van der Waals surface area contributed by atoms with Crippen molar-refractivity contribution in [2.75, 3.05) is 0 Å². The highest BCUT2D eigenvalue weighted by Gasteiger charge is 2.17. The Bertz CT molecular complexity index is 620. The van der Waals surface area contributed by atoms with Crippen molar-refractivity contribution in [2.45, 2.75) is 44.6 Å². The molecule has 0 aliphatic heterocycles. The van der Waals surface area contributed by atoms with Crippen molar-refractivity contribution in [3.05, 3.63) is 34.4 Å². The number of nitro benzene ring substituents is 1. The minimum Gasteiger partial charge on any atom is -0.478 e. The van der Waals surface area contributed by atoms with Crippen LogP contribution in [-0.4, -0.2) is 25.3 Å². The maximum absolute atomic E-state index is 12.1. The van der Waals surface area contributed by atoms with Crippen LogP contribution in [-0.2, 0) is 14.8 Å². The van der Waals surface area contributed by atoms with Crippen molar-refractivity contribution < 1.29 is 18.1 Å². The molecule has 7 nitrogen and oxygen atoms in total. The van der Waals surface area contributed by atoms with E-state index in [2.05, 4.69) is 4.40 Å². The number of hydrogen-bond acceptors (Lipinski definition) is 5. The van der Waals surface area contributed by atoms with Crippen molar-refractivity contribution in [3.8, 4) is 0 Å². The fourth-order valence-electron chi connectivity index (χ4n) is 1.54. The molecule has 0 saturated carbocycles. The monoisotopic (exact) mass is 314 g/mol. The summed E-state index contributed by atoms with van der Waals surface area (Å²) in [5.74, 6) is 0.144. The second-order valence-electron chi connectivity index (χ2n) is 4.63. The number of rotatable bonds is 6. The molecule has 116 valence electrons. The van der Waals surface area contributed by atoms with Gasteiger partial charge in [-0.25, -0.2) is 0 Å². The highest BCUT2D eigenvalue weighted by atomic mass is 32.2. The summed E-state index contributed by atoms with van der Waals surface area (Å²) in [6.07, 6.45) is 0.925. The summed E-state index contributed by atoms with van der Waals surface area (Å²) in [4.78, 5) is 9.86. The van der Waals surface area contributed by atoms with Crippen LogP contribution in [0.25, 0.3) is 0 Å². The average Bonchev–Trinajstić information content (AvgIpc) is 2.37. The van der Waals surface area contributed by atoms with Gasteiger partial charge in [0.2, 0.25) is 5.90 Å². The van der Waals surface area contributed by atoms with E-state index in [9.17, 15) is 18.5 Å². The maximum atomic E-state index is 12.1. The molecule has 0 unspecified atom stereocenters. The van der Waals surface area contributed by atoms with Crippen LogP contribution in [0.3, 0.4) is 0 Å². The van der Waals surface area contributed by atoms with Gasteiger partial charge in [0.25, 0.3) is 15.7 Å². The second-order valence-corrected chi connectivity index (χ2v) is 6.23. The van der Waals surface area contributed by atoms with Gasteiger partial charge in [-0.1, -0.05) is 6.92 Å². The first-order valence-corrected chi connectivity index (χ1v) is 7.95. The van der Waals surface area contributed by atoms with Crippen LogP contribution in [0.15, 0.2) is 33.6 Å². The summed E-state index contributed by atoms with van der Waals surface area (Å²) in [5, 5.41) is 10.6. The first-order chi connectivity index (χ1) is 9.76. The van der Waals surface area contributed by atoms with Gasteiger partial charge in [0.05, 0.1) is 15.9 Å². The Morgan fingerprint density at radius 2 is 1.90 bits per heavy atom. The molecule has 1 aromatic carbocycles. The van der Waals surface area contributed by atoms with Crippen molar-refractivity contribution in [1.82, 2.24) is 0 Å². The molecular weight excluding hydrogens is 296 g/mol. The smallest absolute Gasteiger partial charge is 0.285 e. The Morgan fingerprint density at radius 3 is 2.33 bits per heavy atom. The zero-order chi connectivity index (χ0) is 16.0. The third kappa shape index (κ3) is 5.14. The van der Waals surface area contributed by atoms with E-state index in [1.165, 1.54) is 0 Å². The fourth-order valence-corrected chi connectivity index (χ4v) is 2.53. The Balaban J connectivity index is 3.10. The lowest BCUT2D eigenvalue weighted by molar-refractivity contribution is -0.384. The molecule has 0 spiro atoms. The predicted molar refractivity (Wildman–Crippen MR) is 78.8 cm³/mol. The van der Waals surface area contributed by atoms with Gasteiger partial charge in [0, 0.05) is 18.6 Å². The lowest BCUT2D eigenvalue weighted by atomic mass is 10.3. The Morgan fingerprint density at radius 1 is 1.33 bits per heavy atom. The van der Waals surface area contributed by atoms with E-state index in [-0.39, 0.29) is 22.6 Å². The molecule has 1 rings (SSSR count). The molecule has 0 heterocycles. The lowest BCUT2D eigenvalue weighted by Crippen LogP contribution is -2.14. The predicted octanol–water partition coefficient (Wildman–Crippen LogP) is 2.91. The average molecular weight is 314 g/mol. The van der Waals surface area contributed by atoms with E-state index < -0.39 is 14.9 Å². The summed E-state index contributed by atoms with van der Waals surface area (Å²) in [5.41, 5.74) is -0.176. The van der Waals surface area contributed by atoms with Crippen molar-refractivity contribution in [1.29, 1.82) is 0 Å². The second kappa shape index (κ2) is 7.16. The number of hydrogen-bond donors (Lipinski definition) is 0. The van der Waals surface area contributed by atoms with Crippen LogP contribution in [0, 0.1) is 10.1 Å². The standard InChI is InChI=1S/C13H18N2O5S/c1-4-5-13(20-10(2)3)14-21(18,19)12-8-6-11(7-9-12)15(16)17/h6-10H,4-5H2,1-3H3/b14-13+. The summed E-state index contributed by atoms with van der Waals surface area (Å²) < 4.78 is 33.3. The molecule has 0 aliphatic carbocycles. The number of sulfonamides is 1. The summed E-state index contributed by atoms with van der Waals surface area (Å²) in [7, 11) is -3.93. The number of benzene rings is 1. The lowest BCUT2D eigenvalue weighted by Gasteiger charge is -2.11. The molecule has 0 atom stereocenters. The van der Waals surface area contributed by atoms with Crippen LogP contribution >= 0.6 is 0 Å². The highest BCUT2D eigenvalue weighted by molar-refractivity contribution is 7.90. The van der Waals surface area contributed by atoms with Crippen LogP contribution in [0.5, 0.6) is 0 Å². The van der Waals surface area contributed by atoms with Gasteiger partial charge in [-0.15, -0.1) is 4.40 Å². The van der Waals surface area contributed by atoms with Crippen LogP contribution in [0.4, 0.5) is 5.69 Å². The van der Waals surface area contributed by atoms with Gasteiger partial charge >= 0.3 is 0 Å².